The first-order valence-electron chi connectivity index (χ1n) is 9.08. The van der Waals surface area contributed by atoms with Gasteiger partial charge in [-0.15, -0.1) is 0 Å². The molecule has 0 saturated carbocycles. The summed E-state index contributed by atoms with van der Waals surface area (Å²) in [5, 5.41) is 7.32. The Morgan fingerprint density at radius 2 is 1.87 bits per heavy atom. The molecule has 4 rings (SSSR count). The number of amides is 1. The number of ether oxygens (including phenoxy) is 1. The van der Waals surface area contributed by atoms with Crippen molar-refractivity contribution in [1.29, 1.82) is 0 Å². The Labute approximate surface area is 176 Å². The van der Waals surface area contributed by atoms with E-state index >= 15 is 0 Å². The lowest BCUT2D eigenvalue weighted by Gasteiger charge is -2.07. The van der Waals surface area contributed by atoms with Crippen LogP contribution in [0.4, 0.5) is 5.69 Å². The maximum atomic E-state index is 12.2. The summed E-state index contributed by atoms with van der Waals surface area (Å²) < 4.78 is 10.8. The van der Waals surface area contributed by atoms with Crippen molar-refractivity contribution in [3.05, 3.63) is 78.0 Å². The molecule has 0 aliphatic carbocycles. The predicted molar refractivity (Wildman–Crippen MR) is 110 cm³/mol. The van der Waals surface area contributed by atoms with E-state index in [0.717, 1.165) is 5.56 Å². The van der Waals surface area contributed by atoms with Crippen LogP contribution in [-0.4, -0.2) is 26.0 Å². The normalized spacial score (nSPS) is 10.6. The van der Waals surface area contributed by atoms with Gasteiger partial charge in [0.2, 0.25) is 23.5 Å². The first-order chi connectivity index (χ1) is 14.7. The second-order valence-electron chi connectivity index (χ2n) is 6.24. The Morgan fingerprint density at radius 3 is 2.60 bits per heavy atom. The van der Waals surface area contributed by atoms with Crippen LogP contribution < -0.4 is 10.1 Å². The van der Waals surface area contributed by atoms with Crippen LogP contribution in [0, 0.1) is 0 Å². The van der Waals surface area contributed by atoms with E-state index in [-0.39, 0.29) is 12.3 Å². The van der Waals surface area contributed by atoms with Crippen LogP contribution in [0.5, 0.6) is 11.6 Å². The third kappa shape index (κ3) is 5.18. The van der Waals surface area contributed by atoms with Crippen LogP contribution in [0.15, 0.2) is 71.6 Å². The molecule has 0 fully saturated rings. The molecule has 0 saturated heterocycles. The van der Waals surface area contributed by atoms with E-state index in [1.165, 1.54) is 6.20 Å². The molecule has 3 heterocycles. The minimum absolute atomic E-state index is 0.188. The third-order valence-electron chi connectivity index (χ3n) is 4.03. The van der Waals surface area contributed by atoms with Crippen LogP contribution in [0.1, 0.15) is 12.3 Å². The highest BCUT2D eigenvalue weighted by atomic mass is 35.5. The van der Waals surface area contributed by atoms with E-state index < -0.39 is 0 Å². The van der Waals surface area contributed by atoms with E-state index in [1.807, 2.05) is 0 Å². The fourth-order valence-electron chi connectivity index (χ4n) is 2.56. The molecule has 9 heteroatoms. The summed E-state index contributed by atoms with van der Waals surface area (Å²) in [7, 11) is 0. The van der Waals surface area contributed by atoms with E-state index in [4.69, 9.17) is 20.9 Å². The van der Waals surface area contributed by atoms with Crippen LogP contribution in [0.25, 0.3) is 11.4 Å². The number of hydrogen-bond donors (Lipinski definition) is 1. The smallest absolute Gasteiger partial charge is 0.227 e. The third-order valence-corrected chi connectivity index (χ3v) is 4.28. The number of nitrogens with one attached hydrogen (secondary N) is 1. The van der Waals surface area contributed by atoms with Gasteiger partial charge in [-0.05, 0) is 42.5 Å². The van der Waals surface area contributed by atoms with Crippen LogP contribution in [0.2, 0.25) is 5.02 Å². The van der Waals surface area contributed by atoms with Gasteiger partial charge in [0.05, 0.1) is 11.9 Å². The molecule has 0 bridgehead atoms. The predicted octanol–water partition coefficient (Wildman–Crippen LogP) is 4.54. The Kier molecular flexibility index (Phi) is 5.95. The molecule has 0 radical (unpaired) electrons. The fraction of sp³-hybridized carbons (Fsp3) is 0.0952. The average molecular weight is 422 g/mol. The van der Waals surface area contributed by atoms with Gasteiger partial charge in [0.25, 0.3) is 0 Å². The number of nitrogens with zero attached hydrogens (tertiary/aromatic N) is 4. The Balaban J connectivity index is 1.28. The molecule has 4 aromatic rings. The first-order valence-corrected chi connectivity index (χ1v) is 9.46. The van der Waals surface area contributed by atoms with Crippen molar-refractivity contribution in [2.75, 3.05) is 5.32 Å². The molecule has 3 aromatic heterocycles. The van der Waals surface area contributed by atoms with Gasteiger partial charge in [0.15, 0.2) is 0 Å². The average Bonchev–Trinajstić information content (AvgIpc) is 3.25. The minimum Gasteiger partial charge on any atom is -0.439 e. The van der Waals surface area contributed by atoms with Gasteiger partial charge in [-0.1, -0.05) is 16.8 Å². The van der Waals surface area contributed by atoms with Crippen molar-refractivity contribution in [3.63, 3.8) is 0 Å². The summed E-state index contributed by atoms with van der Waals surface area (Å²) in [4.78, 5) is 24.6. The van der Waals surface area contributed by atoms with E-state index in [1.54, 1.807) is 60.9 Å². The summed E-state index contributed by atoms with van der Waals surface area (Å²) >= 11 is 5.85. The number of halogens is 1. The second kappa shape index (κ2) is 9.15. The number of anilines is 1. The molecule has 0 aliphatic rings. The number of pyridine rings is 2. The highest BCUT2D eigenvalue weighted by molar-refractivity contribution is 6.30. The van der Waals surface area contributed by atoms with Gasteiger partial charge in [-0.2, -0.15) is 4.98 Å². The lowest BCUT2D eigenvalue weighted by molar-refractivity contribution is -0.116. The van der Waals surface area contributed by atoms with Gasteiger partial charge in [-0.3, -0.25) is 9.78 Å². The summed E-state index contributed by atoms with van der Waals surface area (Å²) in [5.74, 6) is 1.70. The van der Waals surface area contributed by atoms with E-state index in [9.17, 15) is 4.79 Å². The van der Waals surface area contributed by atoms with Gasteiger partial charge >= 0.3 is 0 Å². The number of rotatable bonds is 7. The molecule has 8 nitrogen and oxygen atoms in total. The molecule has 0 aliphatic heterocycles. The SMILES string of the molecule is O=C(CCc1nc(-c2ccncc2)no1)Nc1ccc(Oc2ccc(Cl)cc2)nc1. The summed E-state index contributed by atoms with van der Waals surface area (Å²) in [6.45, 7) is 0. The molecule has 1 aromatic carbocycles. The van der Waals surface area contributed by atoms with Crippen molar-refractivity contribution >= 4 is 23.2 Å². The summed E-state index contributed by atoms with van der Waals surface area (Å²) in [6.07, 6.45) is 5.35. The maximum Gasteiger partial charge on any atom is 0.227 e. The van der Waals surface area contributed by atoms with Crippen molar-refractivity contribution in [1.82, 2.24) is 20.1 Å². The standard InChI is InChI=1S/C21H16ClN5O3/c22-15-1-4-17(5-2-15)29-19-7-3-16(13-24-19)25-18(28)6-8-20-26-21(27-30-20)14-9-11-23-12-10-14/h1-5,7,9-13H,6,8H2,(H,25,28). The quantitative estimate of drug-likeness (QED) is 0.467. The Hall–Kier alpha value is -3.78. The molecular weight excluding hydrogens is 406 g/mol. The van der Waals surface area contributed by atoms with Crippen LogP contribution in [-0.2, 0) is 11.2 Å². The number of aryl methyl sites for hydroxylation is 1. The zero-order valence-corrected chi connectivity index (χ0v) is 16.4. The fourth-order valence-corrected chi connectivity index (χ4v) is 2.68. The Bertz CT molecular complexity index is 1120. The molecule has 1 amide bonds. The number of carbonyl (C=O) groups is 1. The van der Waals surface area contributed by atoms with Gasteiger partial charge in [-0.25, -0.2) is 4.98 Å². The van der Waals surface area contributed by atoms with Gasteiger partial charge in [0.1, 0.15) is 5.75 Å². The van der Waals surface area contributed by atoms with Gasteiger partial charge < -0.3 is 14.6 Å². The topological polar surface area (TPSA) is 103 Å². The summed E-state index contributed by atoms with van der Waals surface area (Å²) in [5.41, 5.74) is 1.36. The van der Waals surface area contributed by atoms with Gasteiger partial charge in [0, 0.05) is 41.9 Å². The molecule has 0 atom stereocenters. The largest absolute Gasteiger partial charge is 0.439 e. The number of benzene rings is 1. The van der Waals surface area contributed by atoms with Crippen LogP contribution >= 0.6 is 11.6 Å². The highest BCUT2D eigenvalue weighted by Crippen LogP contribution is 2.22. The molecule has 30 heavy (non-hydrogen) atoms. The van der Waals surface area contributed by atoms with Crippen molar-refractivity contribution < 1.29 is 14.1 Å². The second-order valence-corrected chi connectivity index (χ2v) is 6.67. The maximum absolute atomic E-state index is 12.2. The molecule has 0 spiro atoms. The highest BCUT2D eigenvalue weighted by Gasteiger charge is 2.11. The summed E-state index contributed by atoms with van der Waals surface area (Å²) in [6, 6.07) is 13.9. The van der Waals surface area contributed by atoms with E-state index in [0.29, 0.717) is 40.5 Å². The van der Waals surface area contributed by atoms with Crippen molar-refractivity contribution in [3.8, 4) is 23.0 Å². The number of carbonyl (C=O) groups excluding carboxylic acids is 1. The Morgan fingerprint density at radius 1 is 1.07 bits per heavy atom. The lowest BCUT2D eigenvalue weighted by Crippen LogP contribution is -2.12. The molecular formula is C21H16ClN5O3. The van der Waals surface area contributed by atoms with Crippen molar-refractivity contribution in [2.45, 2.75) is 12.8 Å². The minimum atomic E-state index is -0.188. The monoisotopic (exact) mass is 421 g/mol. The number of aromatic nitrogens is 4. The molecule has 1 N–H and O–H groups in total. The first kappa shape index (κ1) is 19.5. The lowest BCUT2D eigenvalue weighted by atomic mass is 10.2. The molecule has 0 unspecified atom stereocenters. The van der Waals surface area contributed by atoms with E-state index in [2.05, 4.69) is 25.4 Å². The number of hydrogen-bond acceptors (Lipinski definition) is 7. The molecule has 150 valence electrons. The zero-order valence-electron chi connectivity index (χ0n) is 15.7. The van der Waals surface area contributed by atoms with Crippen molar-refractivity contribution in [2.24, 2.45) is 0 Å². The zero-order chi connectivity index (χ0) is 20.8. The van der Waals surface area contributed by atoms with Crippen LogP contribution in [0.3, 0.4) is 0 Å².